The van der Waals surface area contributed by atoms with Crippen molar-refractivity contribution >= 4 is 39.1 Å². The summed E-state index contributed by atoms with van der Waals surface area (Å²) in [6.45, 7) is 5.82. The van der Waals surface area contributed by atoms with Crippen molar-refractivity contribution in [1.82, 2.24) is 24.5 Å². The van der Waals surface area contributed by atoms with Gasteiger partial charge in [-0.2, -0.15) is 23.4 Å². The van der Waals surface area contributed by atoms with Crippen LogP contribution in [-0.2, 0) is 12.7 Å². The average Bonchev–Trinajstić information content (AvgIpc) is 3.69. The number of halogens is 3. The predicted molar refractivity (Wildman–Crippen MR) is 166 cm³/mol. The molecule has 0 bridgehead atoms. The number of thiophene rings is 1. The fourth-order valence-corrected chi connectivity index (χ4v) is 6.35. The van der Waals surface area contributed by atoms with Crippen LogP contribution in [0.25, 0.3) is 38.3 Å². The van der Waals surface area contributed by atoms with E-state index in [2.05, 4.69) is 15.4 Å². The van der Waals surface area contributed by atoms with Crippen LogP contribution in [-0.4, -0.2) is 36.4 Å². The third-order valence-electron chi connectivity index (χ3n) is 7.50. The van der Waals surface area contributed by atoms with Gasteiger partial charge in [0.05, 0.1) is 28.8 Å². The molecule has 4 aromatic heterocycles. The second-order valence-corrected chi connectivity index (χ2v) is 11.2. The van der Waals surface area contributed by atoms with Gasteiger partial charge >= 0.3 is 6.18 Å². The van der Waals surface area contributed by atoms with E-state index in [9.17, 15) is 22.8 Å². The average molecular weight is 630 g/mol. The quantitative estimate of drug-likeness (QED) is 0.197. The van der Waals surface area contributed by atoms with Crippen LogP contribution in [0.2, 0.25) is 0 Å². The number of alkyl halides is 3. The molecule has 6 aromatic rings. The molecule has 2 aromatic carbocycles. The van der Waals surface area contributed by atoms with E-state index in [1.807, 2.05) is 67.6 Å². The van der Waals surface area contributed by atoms with E-state index in [1.165, 1.54) is 6.20 Å². The van der Waals surface area contributed by atoms with Crippen molar-refractivity contribution in [2.24, 2.45) is 5.73 Å². The van der Waals surface area contributed by atoms with Gasteiger partial charge < -0.3 is 11.1 Å². The first kappa shape index (κ1) is 29.8. The number of nitrogens with one attached hydrogen (secondary N) is 1. The second kappa shape index (κ2) is 11.3. The monoisotopic (exact) mass is 629 g/mol. The van der Waals surface area contributed by atoms with Crippen LogP contribution in [0, 0.1) is 13.8 Å². The van der Waals surface area contributed by atoms with E-state index in [0.29, 0.717) is 46.1 Å². The van der Waals surface area contributed by atoms with Crippen LogP contribution < -0.4 is 11.1 Å². The number of hydrogen-bond donors (Lipinski definition) is 2. The Hall–Kier alpha value is -5.30. The van der Waals surface area contributed by atoms with Crippen LogP contribution in [0.5, 0.6) is 0 Å². The normalized spacial score (nSPS) is 11.7. The Morgan fingerprint density at radius 3 is 2.24 bits per heavy atom. The number of carbonyl (C=O) groups is 2. The smallest absolute Gasteiger partial charge is 0.365 e. The largest absolute Gasteiger partial charge is 0.433 e. The van der Waals surface area contributed by atoms with Crippen LogP contribution in [0.15, 0.2) is 72.9 Å². The zero-order chi connectivity index (χ0) is 32.0. The van der Waals surface area contributed by atoms with Crippen LogP contribution in [0.1, 0.15) is 44.0 Å². The summed E-state index contributed by atoms with van der Waals surface area (Å²) >= 11 is 0.685. The maximum absolute atomic E-state index is 14.3. The lowest BCUT2D eigenvalue weighted by molar-refractivity contribution is -0.140. The van der Waals surface area contributed by atoms with E-state index >= 15 is 0 Å². The highest BCUT2D eigenvalue weighted by atomic mass is 32.1. The molecular weight excluding hydrogens is 603 g/mol. The number of para-hydroxylation sites is 1. The Labute approximate surface area is 259 Å². The van der Waals surface area contributed by atoms with Crippen molar-refractivity contribution < 1.29 is 22.8 Å². The van der Waals surface area contributed by atoms with Gasteiger partial charge in [0, 0.05) is 28.8 Å². The van der Waals surface area contributed by atoms with Gasteiger partial charge in [0.15, 0.2) is 0 Å². The molecule has 0 fully saturated rings. The summed E-state index contributed by atoms with van der Waals surface area (Å²) in [5.41, 5.74) is 8.18. The van der Waals surface area contributed by atoms with Crippen molar-refractivity contribution in [1.29, 1.82) is 0 Å². The molecule has 0 unspecified atom stereocenters. The van der Waals surface area contributed by atoms with Gasteiger partial charge in [-0.15, -0.1) is 11.3 Å². The number of amides is 2. The summed E-state index contributed by atoms with van der Waals surface area (Å²) in [6, 6.07) is 19.3. The first-order valence-electron chi connectivity index (χ1n) is 13.9. The highest BCUT2D eigenvalue weighted by Crippen LogP contribution is 2.44. The van der Waals surface area contributed by atoms with Crippen molar-refractivity contribution in [3.63, 3.8) is 0 Å². The van der Waals surface area contributed by atoms with Crippen LogP contribution in [0.4, 0.5) is 18.9 Å². The summed E-state index contributed by atoms with van der Waals surface area (Å²) in [5, 5.41) is 12.1. The zero-order valence-electron chi connectivity index (χ0n) is 24.3. The summed E-state index contributed by atoms with van der Waals surface area (Å²) in [5.74, 6) is -1.55. The Balaban J connectivity index is 1.58. The number of aromatic nitrogens is 5. The predicted octanol–water partition coefficient (Wildman–Crippen LogP) is 7.02. The number of fused-ring (bicyclic) bond motifs is 1. The fraction of sp³-hybridized carbons (Fsp3) is 0.156. The van der Waals surface area contributed by atoms with Gasteiger partial charge in [-0.1, -0.05) is 48.5 Å². The lowest BCUT2D eigenvalue weighted by Crippen LogP contribution is -2.18. The number of carbonyl (C=O) groups excluding carboxylic acids is 2. The molecule has 0 atom stereocenters. The Kier molecular flexibility index (Phi) is 7.49. The molecule has 0 aliphatic rings. The third-order valence-corrected chi connectivity index (χ3v) is 8.60. The summed E-state index contributed by atoms with van der Waals surface area (Å²) in [4.78, 5) is 30.6. The van der Waals surface area contributed by atoms with Gasteiger partial charge in [-0.3, -0.25) is 14.3 Å². The van der Waals surface area contributed by atoms with Gasteiger partial charge in [0.1, 0.15) is 21.1 Å². The minimum absolute atomic E-state index is 0.0294. The number of aryl methyl sites for hydroxylation is 1. The molecule has 45 heavy (non-hydrogen) atoms. The van der Waals surface area contributed by atoms with E-state index in [1.54, 1.807) is 23.2 Å². The topological polar surface area (TPSA) is 121 Å². The maximum Gasteiger partial charge on any atom is 0.433 e. The molecule has 0 saturated carbocycles. The minimum Gasteiger partial charge on any atom is -0.365 e. The number of rotatable bonds is 7. The standard InChI is InChI=1S/C32H26F3N7O2S/c1-4-41-17(2)22(16-37-41)21-15-23(32(33,34)35)38-31-25(21)27(28(45-31)29(36)43)39-30(44)24-18(3)42(20-13-9-6-10-14-20)40-26(24)19-11-7-5-8-12-19/h5-16H,4H2,1-3H3,(H2,36,43)(H,39,44). The van der Waals surface area contributed by atoms with Crippen LogP contribution >= 0.6 is 11.3 Å². The van der Waals surface area contributed by atoms with Gasteiger partial charge in [0.2, 0.25) is 0 Å². The Bertz CT molecular complexity index is 2080. The number of nitrogens with zero attached hydrogens (tertiary/aromatic N) is 5. The maximum atomic E-state index is 14.3. The number of nitrogens with two attached hydrogens (primary N) is 1. The molecule has 13 heteroatoms. The lowest BCUT2D eigenvalue weighted by atomic mass is 10.0. The third kappa shape index (κ3) is 5.24. The fourth-order valence-electron chi connectivity index (χ4n) is 5.35. The summed E-state index contributed by atoms with van der Waals surface area (Å²) < 4.78 is 45.4. The van der Waals surface area contributed by atoms with Crippen molar-refractivity contribution in [2.75, 3.05) is 5.32 Å². The molecule has 0 radical (unpaired) electrons. The summed E-state index contributed by atoms with van der Waals surface area (Å²) in [7, 11) is 0. The van der Waals surface area contributed by atoms with Gasteiger partial charge in [-0.05, 0) is 44.5 Å². The SMILES string of the molecule is CCn1ncc(-c2cc(C(F)(F)F)nc3sc(C(N)=O)c(NC(=O)c4c(-c5ccccc5)nn(-c5ccccc5)c4C)c23)c1C. The van der Waals surface area contributed by atoms with E-state index in [4.69, 9.17) is 10.8 Å². The number of anilines is 1. The molecule has 228 valence electrons. The van der Waals surface area contributed by atoms with Crippen molar-refractivity contribution in [2.45, 2.75) is 33.5 Å². The molecular formula is C32H26F3N7O2S. The molecule has 0 aliphatic carbocycles. The Morgan fingerprint density at radius 1 is 0.978 bits per heavy atom. The highest BCUT2D eigenvalue weighted by Gasteiger charge is 2.36. The number of pyridine rings is 1. The Morgan fingerprint density at radius 2 is 1.64 bits per heavy atom. The van der Waals surface area contributed by atoms with Crippen molar-refractivity contribution in [3.05, 3.63) is 100 Å². The first-order valence-corrected chi connectivity index (χ1v) is 14.7. The molecule has 9 nitrogen and oxygen atoms in total. The molecule has 4 heterocycles. The van der Waals surface area contributed by atoms with Gasteiger partial charge in [-0.25, -0.2) is 9.67 Å². The molecule has 0 spiro atoms. The molecule has 2 amide bonds. The van der Waals surface area contributed by atoms with E-state index in [-0.39, 0.29) is 31.9 Å². The zero-order valence-corrected chi connectivity index (χ0v) is 25.1. The number of primary amides is 1. The van der Waals surface area contributed by atoms with E-state index < -0.39 is 23.7 Å². The first-order chi connectivity index (χ1) is 21.5. The molecule has 0 aliphatic heterocycles. The number of hydrogen-bond acceptors (Lipinski definition) is 6. The van der Waals surface area contributed by atoms with Gasteiger partial charge in [0.25, 0.3) is 11.8 Å². The van der Waals surface area contributed by atoms with Crippen molar-refractivity contribution in [3.8, 4) is 28.1 Å². The molecule has 3 N–H and O–H groups in total. The molecule has 0 saturated heterocycles. The highest BCUT2D eigenvalue weighted by molar-refractivity contribution is 7.21. The number of benzene rings is 2. The summed E-state index contributed by atoms with van der Waals surface area (Å²) in [6.07, 6.45) is -3.31. The molecule has 6 rings (SSSR count). The lowest BCUT2D eigenvalue weighted by Gasteiger charge is -2.13. The second-order valence-electron chi connectivity index (χ2n) is 10.2. The van der Waals surface area contributed by atoms with E-state index in [0.717, 1.165) is 11.8 Å². The van der Waals surface area contributed by atoms with Crippen LogP contribution in [0.3, 0.4) is 0 Å². The minimum atomic E-state index is -4.77.